The molecule has 6 heteroatoms. The van der Waals surface area contributed by atoms with E-state index in [0.29, 0.717) is 19.5 Å². The number of hydrogen-bond donors (Lipinski definition) is 1. The Kier molecular flexibility index (Phi) is 4.51. The molecule has 3 heterocycles. The Bertz CT molecular complexity index is 959. The molecule has 5 nitrogen and oxygen atoms in total. The van der Waals surface area contributed by atoms with E-state index in [9.17, 15) is 9.59 Å². The number of aromatic nitrogens is 1. The Labute approximate surface area is 156 Å². The number of nitrogens with one attached hydrogen (secondary N) is 1. The molecular weight excluding hydrogens is 346 g/mol. The summed E-state index contributed by atoms with van der Waals surface area (Å²) in [5, 5.41) is 5.65. The van der Waals surface area contributed by atoms with Crippen molar-refractivity contribution in [3.8, 4) is 0 Å². The second-order valence-electron chi connectivity index (χ2n) is 6.73. The molecule has 1 aliphatic rings. The van der Waals surface area contributed by atoms with Crippen molar-refractivity contribution in [2.75, 3.05) is 13.6 Å². The summed E-state index contributed by atoms with van der Waals surface area (Å²) in [6, 6.07) is 12.0. The van der Waals surface area contributed by atoms with Crippen LogP contribution in [-0.4, -0.2) is 34.9 Å². The van der Waals surface area contributed by atoms with Crippen molar-refractivity contribution in [3.05, 3.63) is 59.2 Å². The number of carbonyl (C=O) groups is 2. The second-order valence-corrected chi connectivity index (χ2v) is 7.64. The summed E-state index contributed by atoms with van der Waals surface area (Å²) in [7, 11) is 1.65. The molecule has 2 amide bonds. The molecule has 2 aromatic heterocycles. The first-order chi connectivity index (χ1) is 12.7. The van der Waals surface area contributed by atoms with Crippen LogP contribution in [0.2, 0.25) is 0 Å². The number of nitrogens with zero attached hydrogens (tertiary/aromatic N) is 2. The smallest absolute Gasteiger partial charge is 0.255 e. The number of benzene rings is 1. The molecule has 0 fully saturated rings. The van der Waals surface area contributed by atoms with Crippen LogP contribution in [0.15, 0.2) is 48.0 Å². The number of thiophene rings is 1. The maximum Gasteiger partial charge on any atom is 0.255 e. The molecule has 134 valence electrons. The van der Waals surface area contributed by atoms with Crippen molar-refractivity contribution in [2.45, 2.75) is 19.5 Å². The monoisotopic (exact) mass is 367 g/mol. The summed E-state index contributed by atoms with van der Waals surface area (Å²) >= 11 is 1.60. The van der Waals surface area contributed by atoms with Crippen LogP contribution in [-0.2, 0) is 17.9 Å². The van der Waals surface area contributed by atoms with Gasteiger partial charge in [-0.2, -0.15) is 0 Å². The Balaban J connectivity index is 1.65. The quantitative estimate of drug-likeness (QED) is 0.773. The van der Waals surface area contributed by atoms with E-state index < -0.39 is 0 Å². The lowest BCUT2D eigenvalue weighted by Gasteiger charge is -2.24. The normalized spacial score (nSPS) is 17.0. The molecule has 0 aliphatic carbocycles. The van der Waals surface area contributed by atoms with Crippen LogP contribution < -0.4 is 5.32 Å². The Morgan fingerprint density at radius 1 is 1.19 bits per heavy atom. The maximum atomic E-state index is 13.3. The average Bonchev–Trinajstić information content (AvgIpc) is 3.23. The molecule has 1 atom stereocenters. The summed E-state index contributed by atoms with van der Waals surface area (Å²) in [5.41, 5.74) is 1.86. The molecule has 1 unspecified atom stereocenters. The van der Waals surface area contributed by atoms with Crippen LogP contribution in [0.3, 0.4) is 0 Å². The minimum absolute atomic E-state index is 0.0130. The zero-order chi connectivity index (χ0) is 18.1. The van der Waals surface area contributed by atoms with Gasteiger partial charge in [0.15, 0.2) is 0 Å². The van der Waals surface area contributed by atoms with Gasteiger partial charge >= 0.3 is 0 Å². The van der Waals surface area contributed by atoms with Crippen LogP contribution >= 0.6 is 11.3 Å². The third-order valence-electron chi connectivity index (χ3n) is 4.96. The third kappa shape index (κ3) is 3.12. The predicted octanol–water partition coefficient (Wildman–Crippen LogP) is 3.11. The SMILES string of the molecule is CNC(=O)CC1CN(C(=O)c2csc3ccccc23)Cc2cccn2C1. The largest absolute Gasteiger partial charge is 0.359 e. The van der Waals surface area contributed by atoms with Crippen LogP contribution in [0.1, 0.15) is 22.5 Å². The first-order valence-corrected chi connectivity index (χ1v) is 9.64. The summed E-state index contributed by atoms with van der Waals surface area (Å²) in [4.78, 5) is 27.1. The van der Waals surface area contributed by atoms with E-state index in [0.717, 1.165) is 27.9 Å². The average molecular weight is 367 g/mol. The maximum absolute atomic E-state index is 13.3. The fourth-order valence-electron chi connectivity index (χ4n) is 3.64. The Hall–Kier alpha value is -2.60. The highest BCUT2D eigenvalue weighted by Crippen LogP contribution is 2.28. The molecule has 0 radical (unpaired) electrons. The van der Waals surface area contributed by atoms with Gasteiger partial charge in [-0.15, -0.1) is 11.3 Å². The van der Waals surface area contributed by atoms with Crippen LogP contribution in [0.4, 0.5) is 0 Å². The van der Waals surface area contributed by atoms with Crippen molar-refractivity contribution < 1.29 is 9.59 Å². The summed E-state index contributed by atoms with van der Waals surface area (Å²) in [6.07, 6.45) is 2.45. The number of carbonyl (C=O) groups excluding carboxylic acids is 2. The third-order valence-corrected chi connectivity index (χ3v) is 5.92. The molecule has 3 aromatic rings. The highest BCUT2D eigenvalue weighted by molar-refractivity contribution is 7.17. The predicted molar refractivity (Wildman–Crippen MR) is 103 cm³/mol. The zero-order valence-corrected chi connectivity index (χ0v) is 15.5. The topological polar surface area (TPSA) is 54.3 Å². The van der Waals surface area contributed by atoms with E-state index in [4.69, 9.17) is 0 Å². The number of rotatable bonds is 3. The first kappa shape index (κ1) is 16.8. The van der Waals surface area contributed by atoms with Crippen molar-refractivity contribution in [3.63, 3.8) is 0 Å². The highest BCUT2D eigenvalue weighted by Gasteiger charge is 2.28. The fourth-order valence-corrected chi connectivity index (χ4v) is 4.58. The zero-order valence-electron chi connectivity index (χ0n) is 14.6. The summed E-state index contributed by atoms with van der Waals surface area (Å²) in [5.74, 6) is 0.149. The Morgan fingerprint density at radius 2 is 2.04 bits per heavy atom. The molecule has 26 heavy (non-hydrogen) atoms. The van der Waals surface area contributed by atoms with Crippen molar-refractivity contribution in [1.82, 2.24) is 14.8 Å². The molecule has 1 aromatic carbocycles. The van der Waals surface area contributed by atoms with E-state index >= 15 is 0 Å². The lowest BCUT2D eigenvalue weighted by atomic mass is 10.0. The molecule has 0 saturated carbocycles. The van der Waals surface area contributed by atoms with Gasteiger partial charge in [-0.05, 0) is 18.2 Å². The van der Waals surface area contributed by atoms with E-state index in [2.05, 4.69) is 9.88 Å². The fraction of sp³-hybridized carbons (Fsp3) is 0.300. The van der Waals surface area contributed by atoms with E-state index in [-0.39, 0.29) is 17.7 Å². The lowest BCUT2D eigenvalue weighted by Crippen LogP contribution is -2.35. The molecule has 0 spiro atoms. The molecule has 0 saturated heterocycles. The van der Waals surface area contributed by atoms with Gasteiger partial charge in [-0.25, -0.2) is 0 Å². The van der Waals surface area contributed by atoms with Crippen molar-refractivity contribution >= 4 is 33.2 Å². The van der Waals surface area contributed by atoms with Crippen LogP contribution in [0.25, 0.3) is 10.1 Å². The van der Waals surface area contributed by atoms with Crippen molar-refractivity contribution in [1.29, 1.82) is 0 Å². The van der Waals surface area contributed by atoms with Gasteiger partial charge in [-0.1, -0.05) is 18.2 Å². The van der Waals surface area contributed by atoms with Gasteiger partial charge in [0.05, 0.1) is 12.1 Å². The molecule has 1 aliphatic heterocycles. The highest BCUT2D eigenvalue weighted by atomic mass is 32.1. The van der Waals surface area contributed by atoms with Gasteiger partial charge in [-0.3, -0.25) is 9.59 Å². The van der Waals surface area contributed by atoms with Crippen LogP contribution in [0.5, 0.6) is 0 Å². The van der Waals surface area contributed by atoms with Gasteiger partial charge in [0.2, 0.25) is 5.91 Å². The van der Waals surface area contributed by atoms with Gasteiger partial charge in [0, 0.05) is 59.8 Å². The minimum Gasteiger partial charge on any atom is -0.359 e. The van der Waals surface area contributed by atoms with Crippen molar-refractivity contribution in [2.24, 2.45) is 5.92 Å². The number of hydrogen-bond acceptors (Lipinski definition) is 3. The molecule has 4 rings (SSSR count). The standard InChI is InChI=1S/C20H21N3O2S/c1-21-19(24)9-14-10-22-8-4-5-15(22)12-23(11-14)20(25)17-13-26-18-7-3-2-6-16(17)18/h2-8,13-14H,9-12H2,1H3,(H,21,24). The number of amides is 2. The first-order valence-electron chi connectivity index (χ1n) is 8.76. The number of fused-ring (bicyclic) bond motifs is 2. The second kappa shape index (κ2) is 6.96. The van der Waals surface area contributed by atoms with Gasteiger partial charge in [0.1, 0.15) is 0 Å². The van der Waals surface area contributed by atoms with Gasteiger partial charge in [0.25, 0.3) is 5.91 Å². The molecule has 1 N–H and O–H groups in total. The van der Waals surface area contributed by atoms with E-state index in [1.807, 2.05) is 52.9 Å². The Morgan fingerprint density at radius 3 is 2.88 bits per heavy atom. The lowest BCUT2D eigenvalue weighted by molar-refractivity contribution is -0.121. The van der Waals surface area contributed by atoms with E-state index in [1.165, 1.54) is 0 Å². The van der Waals surface area contributed by atoms with Crippen LogP contribution in [0, 0.1) is 5.92 Å². The summed E-state index contributed by atoms with van der Waals surface area (Å²) < 4.78 is 3.28. The van der Waals surface area contributed by atoms with Gasteiger partial charge < -0.3 is 14.8 Å². The molecular formula is C20H21N3O2S. The minimum atomic E-state index is 0.0130. The molecule has 0 bridgehead atoms. The summed E-state index contributed by atoms with van der Waals surface area (Å²) in [6.45, 7) is 1.91. The van der Waals surface area contributed by atoms with E-state index in [1.54, 1.807) is 18.4 Å².